The number of carbonyl (C=O) groups is 2. The fraction of sp³-hybridized carbons (Fsp3) is 0.833. The van der Waals surface area contributed by atoms with Crippen molar-refractivity contribution in [2.24, 2.45) is 5.92 Å². The van der Waals surface area contributed by atoms with Gasteiger partial charge in [-0.15, -0.1) is 0 Å². The van der Waals surface area contributed by atoms with E-state index in [4.69, 9.17) is 5.11 Å². The van der Waals surface area contributed by atoms with Crippen LogP contribution in [0.15, 0.2) is 0 Å². The third-order valence-electron chi connectivity index (χ3n) is 3.17. The Morgan fingerprint density at radius 3 is 2.71 bits per heavy atom. The second kappa shape index (κ2) is 6.00. The topological polar surface area (TPSA) is 60.9 Å². The summed E-state index contributed by atoms with van der Waals surface area (Å²) in [5, 5.41) is 8.88. The van der Waals surface area contributed by atoms with Gasteiger partial charge < -0.3 is 10.0 Å². The van der Waals surface area contributed by atoms with E-state index in [0.717, 1.165) is 13.0 Å². The van der Waals surface area contributed by atoms with Gasteiger partial charge in [-0.1, -0.05) is 13.8 Å². The van der Waals surface area contributed by atoms with Crippen molar-refractivity contribution in [3.05, 3.63) is 0 Å². The van der Waals surface area contributed by atoms with E-state index in [2.05, 4.69) is 13.8 Å². The molecule has 0 bridgehead atoms. The lowest BCUT2D eigenvalue weighted by Gasteiger charge is -2.39. The summed E-state index contributed by atoms with van der Waals surface area (Å²) in [4.78, 5) is 26.1. The van der Waals surface area contributed by atoms with E-state index in [0.29, 0.717) is 19.0 Å². The molecule has 1 rings (SSSR count). The highest BCUT2D eigenvalue weighted by Gasteiger charge is 2.31. The van der Waals surface area contributed by atoms with Gasteiger partial charge in [-0.25, -0.2) is 0 Å². The zero-order valence-corrected chi connectivity index (χ0v) is 10.8. The molecule has 17 heavy (non-hydrogen) atoms. The summed E-state index contributed by atoms with van der Waals surface area (Å²) in [6, 6.07) is -0.0473. The number of nitrogens with zero attached hydrogens (tertiary/aromatic N) is 2. The molecule has 1 aliphatic heterocycles. The van der Waals surface area contributed by atoms with Crippen LogP contribution in [0.3, 0.4) is 0 Å². The highest BCUT2D eigenvalue weighted by molar-refractivity contribution is 5.79. The lowest BCUT2D eigenvalue weighted by Crippen LogP contribution is -2.55. The Balaban J connectivity index is 2.60. The third kappa shape index (κ3) is 4.34. The lowest BCUT2D eigenvalue weighted by atomic mass is 10.1. The van der Waals surface area contributed by atoms with Crippen LogP contribution in [0.25, 0.3) is 0 Å². The fourth-order valence-electron chi connectivity index (χ4n) is 2.04. The van der Waals surface area contributed by atoms with E-state index in [1.54, 1.807) is 11.9 Å². The average Bonchev–Trinajstić information content (AvgIpc) is 2.20. The van der Waals surface area contributed by atoms with E-state index in [1.807, 2.05) is 4.90 Å². The van der Waals surface area contributed by atoms with Crippen LogP contribution in [0.5, 0.6) is 0 Å². The summed E-state index contributed by atoms with van der Waals surface area (Å²) in [6.45, 7) is 5.92. The molecular weight excluding hydrogens is 220 g/mol. The standard InChI is InChI=1S/C12H22N2O3/c1-9(2)4-5-14-8-11(15)13(3)7-10(14)6-12(16)17/h9-10H,4-8H2,1-3H3,(H,16,17). The van der Waals surface area contributed by atoms with Crippen molar-refractivity contribution in [3.8, 4) is 0 Å². The van der Waals surface area contributed by atoms with Crippen LogP contribution in [-0.2, 0) is 9.59 Å². The number of amides is 1. The van der Waals surface area contributed by atoms with Gasteiger partial charge in [0.15, 0.2) is 0 Å². The Labute approximate surface area is 102 Å². The van der Waals surface area contributed by atoms with Gasteiger partial charge in [-0.3, -0.25) is 14.5 Å². The van der Waals surface area contributed by atoms with E-state index < -0.39 is 5.97 Å². The molecule has 1 fully saturated rings. The highest BCUT2D eigenvalue weighted by Crippen LogP contribution is 2.15. The molecule has 1 atom stereocenters. The van der Waals surface area contributed by atoms with Gasteiger partial charge >= 0.3 is 5.97 Å². The molecule has 0 spiro atoms. The fourth-order valence-corrected chi connectivity index (χ4v) is 2.04. The molecular formula is C12H22N2O3. The maximum absolute atomic E-state index is 11.6. The van der Waals surface area contributed by atoms with Gasteiger partial charge in [-0.05, 0) is 18.9 Å². The first-order chi connectivity index (χ1) is 7.90. The zero-order valence-electron chi connectivity index (χ0n) is 10.8. The normalized spacial score (nSPS) is 22.2. The molecule has 0 radical (unpaired) electrons. The molecule has 1 aliphatic rings. The predicted octanol–water partition coefficient (Wildman–Crippen LogP) is 0.650. The van der Waals surface area contributed by atoms with Crippen molar-refractivity contribution >= 4 is 11.9 Å². The van der Waals surface area contributed by atoms with Crippen LogP contribution in [0.4, 0.5) is 0 Å². The Morgan fingerprint density at radius 1 is 1.53 bits per heavy atom. The summed E-state index contributed by atoms with van der Waals surface area (Å²) in [7, 11) is 1.73. The molecule has 1 unspecified atom stereocenters. The third-order valence-corrected chi connectivity index (χ3v) is 3.17. The SMILES string of the molecule is CC(C)CCN1CC(=O)N(C)CC1CC(=O)O. The molecule has 1 N–H and O–H groups in total. The number of rotatable bonds is 5. The van der Waals surface area contributed by atoms with Gasteiger partial charge in [-0.2, -0.15) is 0 Å². The maximum Gasteiger partial charge on any atom is 0.305 e. The Morgan fingerprint density at radius 2 is 2.18 bits per heavy atom. The van der Waals surface area contributed by atoms with Crippen molar-refractivity contribution in [2.75, 3.05) is 26.7 Å². The second-order valence-electron chi connectivity index (χ2n) is 5.18. The van der Waals surface area contributed by atoms with Gasteiger partial charge in [0.2, 0.25) is 5.91 Å². The summed E-state index contributed by atoms with van der Waals surface area (Å²) in [5.41, 5.74) is 0. The molecule has 0 aromatic carbocycles. The quantitative estimate of drug-likeness (QED) is 0.769. The lowest BCUT2D eigenvalue weighted by molar-refractivity contribution is -0.144. The summed E-state index contributed by atoms with van der Waals surface area (Å²) in [6.07, 6.45) is 1.10. The van der Waals surface area contributed by atoms with Gasteiger partial charge in [0, 0.05) is 19.6 Å². The number of hydrogen-bond donors (Lipinski definition) is 1. The molecule has 0 aromatic heterocycles. The van der Waals surface area contributed by atoms with Crippen LogP contribution in [0.2, 0.25) is 0 Å². The molecule has 0 aliphatic carbocycles. The van der Waals surface area contributed by atoms with Crippen LogP contribution in [-0.4, -0.2) is 59.5 Å². The highest BCUT2D eigenvalue weighted by atomic mass is 16.4. The Kier molecular flexibility index (Phi) is 4.93. The number of carboxylic acid groups (broad SMARTS) is 1. The summed E-state index contributed by atoms with van der Waals surface area (Å²) >= 11 is 0. The van der Waals surface area contributed by atoms with E-state index >= 15 is 0 Å². The smallest absolute Gasteiger partial charge is 0.305 e. The van der Waals surface area contributed by atoms with Crippen LogP contribution >= 0.6 is 0 Å². The molecule has 0 saturated carbocycles. The molecule has 5 nitrogen and oxygen atoms in total. The maximum atomic E-state index is 11.6. The van der Waals surface area contributed by atoms with Crippen LogP contribution in [0.1, 0.15) is 26.7 Å². The predicted molar refractivity (Wildman–Crippen MR) is 64.7 cm³/mol. The van der Waals surface area contributed by atoms with Crippen molar-refractivity contribution in [1.82, 2.24) is 9.80 Å². The number of carbonyl (C=O) groups excluding carboxylic acids is 1. The molecule has 1 heterocycles. The number of likely N-dealkylation sites (N-methyl/N-ethyl adjacent to an activating group) is 1. The van der Waals surface area contributed by atoms with Crippen molar-refractivity contribution < 1.29 is 14.7 Å². The van der Waals surface area contributed by atoms with Gasteiger partial charge in [0.25, 0.3) is 0 Å². The first-order valence-corrected chi connectivity index (χ1v) is 6.10. The minimum absolute atomic E-state index is 0.0473. The monoisotopic (exact) mass is 242 g/mol. The number of aliphatic carboxylic acids is 1. The average molecular weight is 242 g/mol. The first kappa shape index (κ1) is 14.0. The number of hydrogen-bond acceptors (Lipinski definition) is 3. The minimum Gasteiger partial charge on any atom is -0.481 e. The molecule has 5 heteroatoms. The van der Waals surface area contributed by atoms with Gasteiger partial charge in [0.05, 0.1) is 13.0 Å². The second-order valence-corrected chi connectivity index (χ2v) is 5.18. The Hall–Kier alpha value is -1.10. The van der Waals surface area contributed by atoms with Gasteiger partial charge in [0.1, 0.15) is 0 Å². The summed E-state index contributed by atoms with van der Waals surface area (Å²) in [5.74, 6) is -0.155. The van der Waals surface area contributed by atoms with Crippen molar-refractivity contribution in [3.63, 3.8) is 0 Å². The molecule has 1 amide bonds. The zero-order chi connectivity index (χ0) is 13.0. The molecule has 98 valence electrons. The Bertz CT molecular complexity index is 291. The van der Waals surface area contributed by atoms with E-state index in [9.17, 15) is 9.59 Å². The van der Waals surface area contributed by atoms with E-state index in [-0.39, 0.29) is 18.4 Å². The van der Waals surface area contributed by atoms with Crippen molar-refractivity contribution in [2.45, 2.75) is 32.7 Å². The van der Waals surface area contributed by atoms with Crippen LogP contribution in [0, 0.1) is 5.92 Å². The van der Waals surface area contributed by atoms with E-state index in [1.165, 1.54) is 0 Å². The molecule has 0 aromatic rings. The number of piperazine rings is 1. The largest absolute Gasteiger partial charge is 0.481 e. The molecule has 1 saturated heterocycles. The summed E-state index contributed by atoms with van der Waals surface area (Å²) < 4.78 is 0. The number of carboxylic acids is 1. The van der Waals surface area contributed by atoms with Crippen molar-refractivity contribution in [1.29, 1.82) is 0 Å². The first-order valence-electron chi connectivity index (χ1n) is 6.10. The minimum atomic E-state index is -0.799. The van der Waals surface area contributed by atoms with Crippen LogP contribution < -0.4 is 0 Å².